The Balaban J connectivity index is 2.53. The van der Waals surface area contributed by atoms with Crippen molar-refractivity contribution in [2.24, 2.45) is 0 Å². The number of rotatable bonds is 3. The van der Waals surface area contributed by atoms with Crippen LogP contribution >= 0.6 is 11.6 Å². The molecule has 1 heterocycles. The molecular weight excluding hydrogens is 266 g/mol. The van der Waals surface area contributed by atoms with Crippen LogP contribution < -0.4 is 4.74 Å². The number of halogens is 1. The molecule has 0 unspecified atom stereocenters. The molecule has 0 spiro atoms. The zero-order valence-corrected chi connectivity index (χ0v) is 11.7. The number of fused-ring (bicyclic) bond motifs is 1. The minimum atomic E-state index is -0.439. The van der Waals surface area contributed by atoms with Gasteiger partial charge in [-0.2, -0.15) is 0 Å². The summed E-state index contributed by atoms with van der Waals surface area (Å²) in [6.07, 6.45) is 0. The van der Waals surface area contributed by atoms with Gasteiger partial charge in [0.15, 0.2) is 6.61 Å². The molecule has 0 radical (unpaired) electrons. The minimum absolute atomic E-state index is 0.153. The summed E-state index contributed by atoms with van der Waals surface area (Å²) in [4.78, 5) is 15.6. The fraction of sp³-hybridized carbons (Fsp3) is 0.286. The fourth-order valence-electron chi connectivity index (χ4n) is 1.83. The molecule has 5 heteroatoms. The monoisotopic (exact) mass is 279 g/mol. The third kappa shape index (κ3) is 2.79. The lowest BCUT2D eigenvalue weighted by molar-refractivity contribution is -0.142. The molecule has 0 aliphatic heterocycles. The van der Waals surface area contributed by atoms with Gasteiger partial charge in [-0.3, -0.25) is 4.98 Å². The molecule has 1 aromatic carbocycles. The smallest absolute Gasteiger partial charge is 0.343 e. The fourth-order valence-corrected chi connectivity index (χ4v) is 2.07. The van der Waals surface area contributed by atoms with Gasteiger partial charge >= 0.3 is 5.97 Å². The number of ether oxygens (including phenoxy) is 2. The van der Waals surface area contributed by atoms with Crippen LogP contribution in [0.5, 0.6) is 5.75 Å². The first-order chi connectivity index (χ1) is 9.02. The summed E-state index contributed by atoms with van der Waals surface area (Å²) >= 11 is 6.20. The molecule has 0 saturated heterocycles. The highest BCUT2D eigenvalue weighted by Crippen LogP contribution is 2.33. The maximum absolute atomic E-state index is 11.2. The van der Waals surface area contributed by atoms with Crippen LogP contribution in [0.2, 0.25) is 5.02 Å². The van der Waals surface area contributed by atoms with Crippen molar-refractivity contribution in [3.8, 4) is 5.75 Å². The van der Waals surface area contributed by atoms with Crippen LogP contribution in [0.1, 0.15) is 11.3 Å². The van der Waals surface area contributed by atoms with Crippen molar-refractivity contribution >= 4 is 28.5 Å². The van der Waals surface area contributed by atoms with Crippen LogP contribution in [0.15, 0.2) is 18.2 Å². The molecule has 0 N–H and O–H groups in total. The number of pyridine rings is 1. The average molecular weight is 280 g/mol. The second kappa shape index (κ2) is 5.45. The van der Waals surface area contributed by atoms with Crippen molar-refractivity contribution in [3.63, 3.8) is 0 Å². The van der Waals surface area contributed by atoms with E-state index in [9.17, 15) is 4.79 Å². The van der Waals surface area contributed by atoms with Crippen LogP contribution in [0.25, 0.3) is 10.9 Å². The SMILES string of the molecule is COC(=O)COc1cc(C)nc2c(C)ccc(Cl)c12. The number of aromatic nitrogens is 1. The van der Waals surface area contributed by atoms with Crippen molar-refractivity contribution in [1.82, 2.24) is 4.98 Å². The molecule has 0 aliphatic carbocycles. The number of methoxy groups -OCH3 is 1. The van der Waals surface area contributed by atoms with Crippen LogP contribution in [-0.2, 0) is 9.53 Å². The van der Waals surface area contributed by atoms with Gasteiger partial charge in [0, 0.05) is 11.8 Å². The molecular formula is C14H14ClNO3. The molecule has 100 valence electrons. The highest BCUT2D eigenvalue weighted by atomic mass is 35.5. The van der Waals surface area contributed by atoms with Crippen molar-refractivity contribution < 1.29 is 14.3 Å². The number of carbonyl (C=O) groups is 1. The Morgan fingerprint density at radius 2 is 2.11 bits per heavy atom. The zero-order valence-electron chi connectivity index (χ0n) is 11.0. The number of aryl methyl sites for hydroxylation is 2. The number of esters is 1. The quantitative estimate of drug-likeness (QED) is 0.810. The Morgan fingerprint density at radius 1 is 1.37 bits per heavy atom. The van der Waals surface area contributed by atoms with E-state index in [1.807, 2.05) is 19.9 Å². The third-order valence-electron chi connectivity index (χ3n) is 2.78. The summed E-state index contributed by atoms with van der Waals surface area (Å²) in [5, 5.41) is 1.27. The second-order valence-electron chi connectivity index (χ2n) is 4.21. The Labute approximate surface area is 116 Å². The summed E-state index contributed by atoms with van der Waals surface area (Å²) in [6.45, 7) is 3.67. The van der Waals surface area contributed by atoms with E-state index in [4.69, 9.17) is 16.3 Å². The standard InChI is InChI=1S/C14H14ClNO3/c1-8-4-5-10(15)13-11(19-7-12(17)18-3)6-9(2)16-14(8)13/h4-6H,7H2,1-3H3. The molecule has 0 aliphatic rings. The van der Waals surface area contributed by atoms with Crippen molar-refractivity contribution in [2.45, 2.75) is 13.8 Å². The van der Waals surface area contributed by atoms with E-state index in [1.54, 1.807) is 12.1 Å². The molecule has 0 bridgehead atoms. The van der Waals surface area contributed by atoms with Gasteiger partial charge in [0.25, 0.3) is 0 Å². The lowest BCUT2D eigenvalue weighted by Gasteiger charge is -2.12. The molecule has 0 atom stereocenters. The summed E-state index contributed by atoms with van der Waals surface area (Å²) in [7, 11) is 1.32. The summed E-state index contributed by atoms with van der Waals surface area (Å²) in [5.41, 5.74) is 2.59. The van der Waals surface area contributed by atoms with Crippen LogP contribution in [-0.4, -0.2) is 24.7 Å². The molecule has 0 amide bonds. The van der Waals surface area contributed by atoms with Crippen molar-refractivity contribution in [1.29, 1.82) is 0 Å². The lowest BCUT2D eigenvalue weighted by atomic mass is 10.1. The Morgan fingerprint density at radius 3 is 2.79 bits per heavy atom. The van der Waals surface area contributed by atoms with E-state index in [0.29, 0.717) is 10.8 Å². The maximum atomic E-state index is 11.2. The van der Waals surface area contributed by atoms with E-state index in [-0.39, 0.29) is 6.61 Å². The summed E-state index contributed by atoms with van der Waals surface area (Å²) < 4.78 is 10.0. The first-order valence-electron chi connectivity index (χ1n) is 5.79. The van der Waals surface area contributed by atoms with E-state index < -0.39 is 5.97 Å². The van der Waals surface area contributed by atoms with Crippen molar-refractivity contribution in [2.75, 3.05) is 13.7 Å². The van der Waals surface area contributed by atoms with E-state index >= 15 is 0 Å². The first-order valence-corrected chi connectivity index (χ1v) is 6.17. The number of benzene rings is 1. The normalized spacial score (nSPS) is 10.5. The van der Waals surface area contributed by atoms with Gasteiger partial charge < -0.3 is 9.47 Å². The molecule has 2 aromatic rings. The van der Waals surface area contributed by atoms with E-state index in [2.05, 4.69) is 9.72 Å². The maximum Gasteiger partial charge on any atom is 0.343 e. The van der Waals surface area contributed by atoms with Gasteiger partial charge in [0.1, 0.15) is 5.75 Å². The Kier molecular flexibility index (Phi) is 3.90. The number of hydrogen-bond acceptors (Lipinski definition) is 4. The minimum Gasteiger partial charge on any atom is -0.481 e. The predicted octanol–water partition coefficient (Wildman–Crippen LogP) is 3.06. The van der Waals surface area contributed by atoms with Crippen LogP contribution in [0, 0.1) is 13.8 Å². The number of hydrogen-bond donors (Lipinski definition) is 0. The summed E-state index contributed by atoms with van der Waals surface area (Å²) in [6, 6.07) is 5.46. The molecule has 4 nitrogen and oxygen atoms in total. The van der Waals surface area contributed by atoms with Crippen LogP contribution in [0.4, 0.5) is 0 Å². The van der Waals surface area contributed by atoms with Gasteiger partial charge in [-0.1, -0.05) is 17.7 Å². The Bertz CT molecular complexity index is 640. The number of carbonyl (C=O) groups excluding carboxylic acids is 1. The van der Waals surface area contributed by atoms with Gasteiger partial charge in [0.2, 0.25) is 0 Å². The van der Waals surface area contributed by atoms with Gasteiger partial charge in [0.05, 0.1) is 23.0 Å². The topological polar surface area (TPSA) is 48.4 Å². The predicted molar refractivity (Wildman–Crippen MR) is 73.7 cm³/mol. The van der Waals surface area contributed by atoms with E-state index in [1.165, 1.54) is 7.11 Å². The summed E-state index contributed by atoms with van der Waals surface area (Å²) in [5.74, 6) is 0.105. The van der Waals surface area contributed by atoms with Gasteiger partial charge in [-0.15, -0.1) is 0 Å². The average Bonchev–Trinajstić information content (AvgIpc) is 2.39. The third-order valence-corrected chi connectivity index (χ3v) is 3.09. The van der Waals surface area contributed by atoms with Crippen molar-refractivity contribution in [3.05, 3.63) is 34.5 Å². The largest absolute Gasteiger partial charge is 0.481 e. The van der Waals surface area contributed by atoms with E-state index in [0.717, 1.165) is 22.2 Å². The second-order valence-corrected chi connectivity index (χ2v) is 4.62. The number of nitrogens with zero attached hydrogens (tertiary/aromatic N) is 1. The van der Waals surface area contributed by atoms with Crippen LogP contribution in [0.3, 0.4) is 0 Å². The van der Waals surface area contributed by atoms with Gasteiger partial charge in [-0.05, 0) is 25.5 Å². The molecule has 1 aromatic heterocycles. The molecule has 0 saturated carbocycles. The highest BCUT2D eigenvalue weighted by Gasteiger charge is 2.12. The highest BCUT2D eigenvalue weighted by molar-refractivity contribution is 6.36. The molecule has 19 heavy (non-hydrogen) atoms. The first kappa shape index (κ1) is 13.6. The molecule has 2 rings (SSSR count). The lowest BCUT2D eigenvalue weighted by Crippen LogP contribution is -2.13. The zero-order chi connectivity index (χ0) is 14.0. The Hall–Kier alpha value is -1.81. The van der Waals surface area contributed by atoms with Gasteiger partial charge in [-0.25, -0.2) is 4.79 Å². The molecule has 0 fully saturated rings.